The van der Waals surface area contributed by atoms with Gasteiger partial charge in [0.1, 0.15) is 0 Å². The van der Waals surface area contributed by atoms with E-state index in [9.17, 15) is 8.42 Å². The van der Waals surface area contributed by atoms with Crippen LogP contribution in [0.25, 0.3) is 0 Å². The minimum atomic E-state index is -3.65. The van der Waals surface area contributed by atoms with E-state index in [4.69, 9.17) is 11.6 Å². The number of hydrogen-bond donors (Lipinski definition) is 2. The summed E-state index contributed by atoms with van der Waals surface area (Å²) in [4.78, 5) is 2.55. The smallest absolute Gasteiger partial charge is 0.261 e. The molecule has 0 saturated carbocycles. The summed E-state index contributed by atoms with van der Waals surface area (Å²) in [7, 11) is -1.54. The third-order valence-electron chi connectivity index (χ3n) is 5.15. The van der Waals surface area contributed by atoms with Gasteiger partial charge in [0.2, 0.25) is 0 Å². The van der Waals surface area contributed by atoms with Crippen LogP contribution < -0.4 is 10.0 Å². The predicted molar refractivity (Wildman–Crippen MR) is 117 cm³/mol. The molecule has 3 rings (SSSR count). The molecule has 2 aromatic rings. The largest absolute Gasteiger partial charge is 0.381 e. The van der Waals surface area contributed by atoms with Crippen LogP contribution in [0, 0.1) is 0 Å². The maximum absolute atomic E-state index is 12.7. The van der Waals surface area contributed by atoms with Crippen molar-refractivity contribution in [1.29, 1.82) is 0 Å². The highest BCUT2D eigenvalue weighted by atomic mass is 35.5. The maximum Gasteiger partial charge on any atom is 0.261 e. The monoisotopic (exact) mass is 421 g/mol. The topological polar surface area (TPSA) is 61.4 Å². The lowest BCUT2D eigenvalue weighted by Crippen LogP contribution is -2.36. The van der Waals surface area contributed by atoms with E-state index < -0.39 is 10.0 Å². The molecule has 1 aliphatic heterocycles. The van der Waals surface area contributed by atoms with E-state index in [1.54, 1.807) is 30.3 Å². The van der Waals surface area contributed by atoms with E-state index in [-0.39, 0.29) is 4.90 Å². The summed E-state index contributed by atoms with van der Waals surface area (Å²) in [6.45, 7) is 6.23. The van der Waals surface area contributed by atoms with Crippen molar-refractivity contribution in [3.8, 4) is 0 Å². The van der Waals surface area contributed by atoms with Crippen molar-refractivity contribution >= 4 is 33.0 Å². The van der Waals surface area contributed by atoms with E-state index in [2.05, 4.69) is 35.8 Å². The predicted octanol–water partition coefficient (Wildman–Crippen LogP) is 4.77. The molecule has 1 saturated heterocycles. The summed E-state index contributed by atoms with van der Waals surface area (Å²) in [5, 5.41) is 4.05. The van der Waals surface area contributed by atoms with Crippen LogP contribution in [-0.4, -0.2) is 39.5 Å². The van der Waals surface area contributed by atoms with Gasteiger partial charge < -0.3 is 10.2 Å². The number of likely N-dealkylation sites (tertiary alicyclic amines) is 1. The van der Waals surface area contributed by atoms with Gasteiger partial charge in [-0.3, -0.25) is 4.72 Å². The van der Waals surface area contributed by atoms with E-state index in [0.29, 0.717) is 22.7 Å². The zero-order valence-corrected chi connectivity index (χ0v) is 18.1. The van der Waals surface area contributed by atoms with Gasteiger partial charge in [0.25, 0.3) is 10.0 Å². The average Bonchev–Trinajstić information content (AvgIpc) is 2.66. The summed E-state index contributed by atoms with van der Waals surface area (Å²) in [5.41, 5.74) is 2.36. The van der Waals surface area contributed by atoms with Crippen LogP contribution in [0.3, 0.4) is 0 Å². The fraction of sp³-hybridized carbons (Fsp3) is 0.429. The van der Waals surface area contributed by atoms with Crippen LogP contribution in [0.2, 0.25) is 5.02 Å². The molecule has 0 aliphatic carbocycles. The molecule has 0 bridgehead atoms. The number of halogens is 1. The molecule has 5 nitrogen and oxygen atoms in total. The summed E-state index contributed by atoms with van der Waals surface area (Å²) < 4.78 is 28.1. The van der Waals surface area contributed by atoms with Gasteiger partial charge in [0.05, 0.1) is 21.3 Å². The molecule has 0 atom stereocenters. The second-order valence-electron chi connectivity index (χ2n) is 7.75. The molecule has 2 aromatic carbocycles. The second kappa shape index (κ2) is 8.72. The number of nitrogens with one attached hydrogen (secondary N) is 2. The molecule has 0 unspecified atom stereocenters. The highest BCUT2D eigenvalue weighted by Gasteiger charge is 2.19. The van der Waals surface area contributed by atoms with Crippen LogP contribution in [0.15, 0.2) is 47.4 Å². The number of nitrogens with zero attached hydrogens (tertiary/aromatic N) is 1. The van der Waals surface area contributed by atoms with Crippen molar-refractivity contribution in [2.45, 2.75) is 43.5 Å². The lowest BCUT2D eigenvalue weighted by molar-refractivity contribution is 0.264. The molecule has 152 valence electrons. The first-order valence-corrected chi connectivity index (χ1v) is 11.5. The molecule has 2 N–H and O–H groups in total. The number of hydrogen-bond acceptors (Lipinski definition) is 4. The van der Waals surface area contributed by atoms with Crippen LogP contribution in [0.5, 0.6) is 0 Å². The van der Waals surface area contributed by atoms with Gasteiger partial charge in [0, 0.05) is 6.04 Å². The van der Waals surface area contributed by atoms with Gasteiger partial charge in [-0.15, -0.1) is 0 Å². The van der Waals surface area contributed by atoms with Gasteiger partial charge >= 0.3 is 0 Å². The molecule has 1 heterocycles. The fourth-order valence-electron chi connectivity index (χ4n) is 3.32. The Hall–Kier alpha value is -1.76. The van der Waals surface area contributed by atoms with Crippen LogP contribution in [0.4, 0.5) is 11.4 Å². The van der Waals surface area contributed by atoms with Crippen LogP contribution >= 0.6 is 11.6 Å². The van der Waals surface area contributed by atoms with Gasteiger partial charge in [-0.1, -0.05) is 37.6 Å². The third kappa shape index (κ3) is 5.19. The van der Waals surface area contributed by atoms with Crippen molar-refractivity contribution in [2.75, 3.05) is 30.2 Å². The lowest BCUT2D eigenvalue weighted by Gasteiger charge is -2.30. The van der Waals surface area contributed by atoms with Crippen LogP contribution in [0.1, 0.15) is 38.2 Å². The molecule has 0 radical (unpaired) electrons. The molecule has 0 amide bonds. The van der Waals surface area contributed by atoms with E-state index >= 15 is 0 Å². The normalized spacial score (nSPS) is 16.3. The van der Waals surface area contributed by atoms with Gasteiger partial charge in [-0.25, -0.2) is 8.42 Å². The second-order valence-corrected chi connectivity index (χ2v) is 9.84. The van der Waals surface area contributed by atoms with E-state index in [0.717, 1.165) is 37.2 Å². The fourth-order valence-corrected chi connectivity index (χ4v) is 4.54. The van der Waals surface area contributed by atoms with Crippen LogP contribution in [-0.2, 0) is 10.0 Å². The highest BCUT2D eigenvalue weighted by molar-refractivity contribution is 7.92. The summed E-state index contributed by atoms with van der Waals surface area (Å²) in [5.74, 6) is 0.356. The first-order valence-electron chi connectivity index (χ1n) is 9.62. The number of rotatable bonds is 6. The highest BCUT2D eigenvalue weighted by Crippen LogP contribution is 2.29. The zero-order chi connectivity index (χ0) is 20.3. The zero-order valence-electron chi connectivity index (χ0n) is 16.6. The lowest BCUT2D eigenvalue weighted by atomic mass is 10.0. The summed E-state index contributed by atoms with van der Waals surface area (Å²) >= 11 is 6.33. The first kappa shape index (κ1) is 21.0. The third-order valence-corrected chi connectivity index (χ3v) is 6.88. The molecular weight excluding hydrogens is 394 g/mol. The maximum atomic E-state index is 12.7. The Morgan fingerprint density at radius 1 is 1.07 bits per heavy atom. The number of sulfonamides is 1. The quantitative estimate of drug-likeness (QED) is 0.705. The van der Waals surface area contributed by atoms with E-state index in [1.807, 2.05) is 12.1 Å². The van der Waals surface area contributed by atoms with Crippen molar-refractivity contribution in [2.24, 2.45) is 0 Å². The summed E-state index contributed by atoms with van der Waals surface area (Å²) in [6.07, 6.45) is 2.07. The summed E-state index contributed by atoms with van der Waals surface area (Å²) in [6, 6.07) is 12.5. The van der Waals surface area contributed by atoms with E-state index in [1.165, 1.54) is 0 Å². The molecule has 1 fully saturated rings. The number of benzene rings is 2. The average molecular weight is 422 g/mol. The minimum Gasteiger partial charge on any atom is -0.381 e. The van der Waals surface area contributed by atoms with Crippen molar-refractivity contribution in [3.63, 3.8) is 0 Å². The standard InChI is InChI=1S/C21H28ClN3O2S/c1-15(2)16-4-7-19(8-5-16)28(26,27)24-18-6-9-20(22)21(14-18)23-17-10-12-25(3)13-11-17/h4-9,14-15,17,23-24H,10-13H2,1-3H3. The van der Waals surface area contributed by atoms with Gasteiger partial charge in [-0.2, -0.15) is 0 Å². The van der Waals surface area contributed by atoms with Crippen molar-refractivity contribution in [1.82, 2.24) is 4.90 Å². The molecular formula is C21H28ClN3O2S. The molecule has 7 heteroatoms. The number of piperidine rings is 1. The molecule has 28 heavy (non-hydrogen) atoms. The van der Waals surface area contributed by atoms with Crippen molar-refractivity contribution in [3.05, 3.63) is 53.1 Å². The Morgan fingerprint density at radius 2 is 1.71 bits per heavy atom. The van der Waals surface area contributed by atoms with Gasteiger partial charge in [0.15, 0.2) is 0 Å². The molecule has 1 aliphatic rings. The Balaban J connectivity index is 1.74. The van der Waals surface area contributed by atoms with Crippen molar-refractivity contribution < 1.29 is 8.42 Å². The number of anilines is 2. The Labute approximate surface area is 173 Å². The SMILES string of the molecule is CC(C)c1ccc(S(=O)(=O)Nc2ccc(Cl)c(NC3CCN(C)CC3)c2)cc1. The minimum absolute atomic E-state index is 0.247. The molecule has 0 aromatic heterocycles. The van der Waals surface area contributed by atoms with Gasteiger partial charge in [-0.05, 0) is 74.8 Å². The Kier molecular flexibility index (Phi) is 6.53. The molecule has 0 spiro atoms. The Morgan fingerprint density at radius 3 is 2.32 bits per heavy atom. The Bertz CT molecular complexity index is 906. The first-order chi connectivity index (χ1) is 13.2.